The molecule has 2 aliphatic rings. The second kappa shape index (κ2) is 5.50. The molecule has 0 unspecified atom stereocenters. The van der Waals surface area contributed by atoms with Gasteiger partial charge in [0.15, 0.2) is 0 Å². The summed E-state index contributed by atoms with van der Waals surface area (Å²) >= 11 is 1.88. The van der Waals surface area contributed by atoms with Crippen molar-refractivity contribution in [3.05, 3.63) is 52.2 Å². The van der Waals surface area contributed by atoms with Crippen molar-refractivity contribution in [3.8, 4) is 0 Å². The zero-order valence-electron chi connectivity index (χ0n) is 13.2. The quantitative estimate of drug-likeness (QED) is 0.718. The zero-order chi connectivity index (χ0) is 16.1. The second-order valence-electron chi connectivity index (χ2n) is 6.51. The molecule has 1 aromatic carbocycles. The predicted molar refractivity (Wildman–Crippen MR) is 93.9 cm³/mol. The summed E-state index contributed by atoms with van der Waals surface area (Å²) in [7, 11) is 0. The second-order valence-corrected chi connectivity index (χ2v) is 7.51. The number of halogens is 1. The van der Waals surface area contributed by atoms with Crippen LogP contribution in [-0.4, -0.2) is 40.5 Å². The molecule has 1 saturated heterocycles. The van der Waals surface area contributed by atoms with Crippen molar-refractivity contribution in [1.29, 1.82) is 0 Å². The molecule has 0 saturated carbocycles. The van der Waals surface area contributed by atoms with Crippen molar-refractivity contribution in [2.24, 2.45) is 0 Å². The number of thiophene rings is 1. The Morgan fingerprint density at radius 2 is 2.08 bits per heavy atom. The normalized spacial score (nSPS) is 18.6. The van der Waals surface area contributed by atoms with E-state index in [1.54, 1.807) is 17.3 Å². The van der Waals surface area contributed by atoms with E-state index in [0.717, 1.165) is 49.3 Å². The Hall–Kier alpha value is -2.05. The highest BCUT2D eigenvalue weighted by Crippen LogP contribution is 2.31. The van der Waals surface area contributed by atoms with Gasteiger partial charge in [0.2, 0.25) is 0 Å². The van der Waals surface area contributed by atoms with Gasteiger partial charge in [-0.05, 0) is 41.6 Å². The van der Waals surface area contributed by atoms with Crippen LogP contribution in [0.4, 0.5) is 10.2 Å². The first kappa shape index (κ1) is 14.3. The minimum atomic E-state index is -0.239. The summed E-state index contributed by atoms with van der Waals surface area (Å²) in [6.07, 6.45) is 2.73. The van der Waals surface area contributed by atoms with Gasteiger partial charge in [-0.2, -0.15) is 0 Å². The number of anilines is 1. The molecule has 0 amide bonds. The van der Waals surface area contributed by atoms with Crippen molar-refractivity contribution in [2.45, 2.75) is 19.0 Å². The zero-order valence-corrected chi connectivity index (χ0v) is 14.0. The topological polar surface area (TPSA) is 32.3 Å². The Balaban J connectivity index is 1.35. The largest absolute Gasteiger partial charge is 0.353 e. The molecular weight excluding hydrogens is 323 g/mol. The summed E-state index contributed by atoms with van der Waals surface area (Å²) in [4.78, 5) is 15.0. The monoisotopic (exact) mass is 340 g/mol. The summed E-state index contributed by atoms with van der Waals surface area (Å²) in [5, 5.41) is 3.00. The Morgan fingerprint density at radius 3 is 3.00 bits per heavy atom. The van der Waals surface area contributed by atoms with Crippen LogP contribution in [0.2, 0.25) is 0 Å². The molecule has 6 heteroatoms. The molecule has 0 bridgehead atoms. The van der Waals surface area contributed by atoms with Gasteiger partial charge in [0.05, 0.1) is 5.52 Å². The smallest absolute Gasteiger partial charge is 0.140 e. The minimum absolute atomic E-state index is 0.239. The van der Waals surface area contributed by atoms with Crippen molar-refractivity contribution < 1.29 is 4.39 Å². The first-order valence-corrected chi connectivity index (χ1v) is 9.10. The highest BCUT2D eigenvalue weighted by atomic mass is 32.1. The van der Waals surface area contributed by atoms with E-state index in [2.05, 4.69) is 31.2 Å². The SMILES string of the molecule is Fc1ccc2ncnc(N3CC(N4CCc5sccc5C4)C3)c2c1. The van der Waals surface area contributed by atoms with E-state index in [1.165, 1.54) is 17.7 Å². The van der Waals surface area contributed by atoms with Crippen LogP contribution in [0.5, 0.6) is 0 Å². The van der Waals surface area contributed by atoms with Crippen LogP contribution < -0.4 is 4.90 Å². The first-order chi connectivity index (χ1) is 11.8. The van der Waals surface area contributed by atoms with E-state index in [0.29, 0.717) is 6.04 Å². The summed E-state index contributed by atoms with van der Waals surface area (Å²) in [5.41, 5.74) is 2.28. The highest BCUT2D eigenvalue weighted by molar-refractivity contribution is 7.10. The van der Waals surface area contributed by atoms with Crippen molar-refractivity contribution in [1.82, 2.24) is 14.9 Å². The van der Waals surface area contributed by atoms with Gasteiger partial charge in [0.25, 0.3) is 0 Å². The molecule has 0 spiro atoms. The van der Waals surface area contributed by atoms with Crippen molar-refractivity contribution in [3.63, 3.8) is 0 Å². The lowest BCUT2D eigenvalue weighted by Crippen LogP contribution is -2.60. The third-order valence-electron chi connectivity index (χ3n) is 5.09. The summed E-state index contributed by atoms with van der Waals surface area (Å²) in [6, 6.07) is 7.51. The lowest BCUT2D eigenvalue weighted by atomic mass is 10.0. The van der Waals surface area contributed by atoms with E-state index in [4.69, 9.17) is 0 Å². The fraction of sp³-hybridized carbons (Fsp3) is 0.333. The minimum Gasteiger partial charge on any atom is -0.353 e. The number of fused-ring (bicyclic) bond motifs is 2. The van der Waals surface area contributed by atoms with Gasteiger partial charge in [-0.1, -0.05) is 0 Å². The Bertz CT molecular complexity index is 903. The van der Waals surface area contributed by atoms with E-state index in [9.17, 15) is 4.39 Å². The van der Waals surface area contributed by atoms with Crippen LogP contribution in [0.1, 0.15) is 10.4 Å². The molecule has 2 aromatic heterocycles. The van der Waals surface area contributed by atoms with Crippen LogP contribution in [-0.2, 0) is 13.0 Å². The summed E-state index contributed by atoms with van der Waals surface area (Å²) in [6.45, 7) is 4.08. The van der Waals surface area contributed by atoms with Crippen molar-refractivity contribution in [2.75, 3.05) is 24.5 Å². The number of nitrogens with zero attached hydrogens (tertiary/aromatic N) is 4. The van der Waals surface area contributed by atoms with Crippen LogP contribution in [0.3, 0.4) is 0 Å². The van der Waals surface area contributed by atoms with E-state index >= 15 is 0 Å². The van der Waals surface area contributed by atoms with E-state index in [1.807, 2.05) is 11.3 Å². The molecule has 0 radical (unpaired) electrons. The summed E-state index contributed by atoms with van der Waals surface area (Å²) in [5.74, 6) is 0.612. The van der Waals surface area contributed by atoms with Gasteiger partial charge in [0, 0.05) is 42.5 Å². The standard InChI is InChI=1S/C18H17FN4S/c19-13-1-2-16-15(7-13)18(21-11-20-16)23-9-14(10-23)22-5-3-17-12(8-22)4-6-24-17/h1-2,4,6-7,11,14H,3,5,8-10H2. The fourth-order valence-corrected chi connectivity index (χ4v) is 4.60. The van der Waals surface area contributed by atoms with Gasteiger partial charge in [-0.25, -0.2) is 14.4 Å². The Morgan fingerprint density at radius 1 is 1.17 bits per heavy atom. The highest BCUT2D eigenvalue weighted by Gasteiger charge is 2.35. The van der Waals surface area contributed by atoms with E-state index < -0.39 is 0 Å². The maximum Gasteiger partial charge on any atom is 0.140 e. The van der Waals surface area contributed by atoms with Gasteiger partial charge in [-0.15, -0.1) is 11.3 Å². The number of hydrogen-bond acceptors (Lipinski definition) is 5. The molecule has 4 nitrogen and oxygen atoms in total. The van der Waals surface area contributed by atoms with Crippen LogP contribution in [0.15, 0.2) is 36.0 Å². The lowest BCUT2D eigenvalue weighted by molar-refractivity contribution is 0.151. The molecule has 0 aliphatic carbocycles. The van der Waals surface area contributed by atoms with Crippen LogP contribution in [0, 0.1) is 5.82 Å². The molecule has 4 heterocycles. The molecule has 0 atom stereocenters. The Labute approximate surface area is 143 Å². The number of aromatic nitrogens is 2. The Kier molecular flexibility index (Phi) is 3.28. The van der Waals surface area contributed by atoms with Gasteiger partial charge in [0.1, 0.15) is 18.0 Å². The average Bonchev–Trinajstić information content (AvgIpc) is 3.01. The number of hydrogen-bond donors (Lipinski definition) is 0. The predicted octanol–water partition coefficient (Wildman–Crippen LogP) is 3.08. The molecule has 0 N–H and O–H groups in total. The lowest BCUT2D eigenvalue weighted by Gasteiger charge is -2.47. The average molecular weight is 340 g/mol. The molecule has 2 aliphatic heterocycles. The van der Waals surface area contributed by atoms with Crippen LogP contribution >= 0.6 is 11.3 Å². The molecule has 122 valence electrons. The molecule has 24 heavy (non-hydrogen) atoms. The fourth-order valence-electron chi connectivity index (χ4n) is 3.71. The molecule has 1 fully saturated rings. The number of benzene rings is 1. The summed E-state index contributed by atoms with van der Waals surface area (Å²) < 4.78 is 13.6. The van der Waals surface area contributed by atoms with Gasteiger partial charge < -0.3 is 4.90 Å². The molecule has 5 rings (SSSR count). The molecule has 3 aromatic rings. The van der Waals surface area contributed by atoms with Crippen molar-refractivity contribution >= 4 is 28.1 Å². The van der Waals surface area contributed by atoms with E-state index in [-0.39, 0.29) is 5.82 Å². The van der Waals surface area contributed by atoms with Gasteiger partial charge >= 0.3 is 0 Å². The number of rotatable bonds is 2. The first-order valence-electron chi connectivity index (χ1n) is 8.22. The maximum atomic E-state index is 13.6. The maximum absolute atomic E-state index is 13.6. The third-order valence-corrected chi connectivity index (χ3v) is 6.11. The molecular formula is C18H17FN4S. The third kappa shape index (κ3) is 2.29. The van der Waals surface area contributed by atoms with Gasteiger partial charge in [-0.3, -0.25) is 4.90 Å². The van der Waals surface area contributed by atoms with Crippen LogP contribution in [0.25, 0.3) is 10.9 Å².